The first-order chi connectivity index (χ1) is 16.1. The monoisotopic (exact) mass is 439 g/mol. The molecule has 7 heteroatoms. The lowest BCUT2D eigenvalue weighted by Gasteiger charge is -2.33. The quantitative estimate of drug-likeness (QED) is 0.501. The van der Waals surface area contributed by atoms with Gasteiger partial charge >= 0.3 is 0 Å². The summed E-state index contributed by atoms with van der Waals surface area (Å²) in [6.45, 7) is 5.32. The van der Waals surface area contributed by atoms with Gasteiger partial charge in [0.25, 0.3) is 5.91 Å². The maximum Gasteiger partial charge on any atom is 0.256 e. The average Bonchev–Trinajstić information content (AvgIpc) is 2.83. The summed E-state index contributed by atoms with van der Waals surface area (Å²) in [5, 5.41) is 4.30. The number of pyridine rings is 3. The Morgan fingerprint density at radius 3 is 2.76 bits per heavy atom. The fourth-order valence-corrected chi connectivity index (χ4v) is 4.15. The van der Waals surface area contributed by atoms with Crippen molar-refractivity contribution in [2.24, 2.45) is 0 Å². The number of nitrogens with zero attached hydrogens (tertiary/aromatic N) is 4. The van der Waals surface area contributed by atoms with Crippen LogP contribution in [0.1, 0.15) is 33.5 Å². The van der Waals surface area contributed by atoms with E-state index in [1.165, 1.54) is 0 Å². The molecule has 1 amide bonds. The van der Waals surface area contributed by atoms with Crippen LogP contribution in [0, 0.1) is 13.8 Å². The lowest BCUT2D eigenvalue weighted by Crippen LogP contribution is -2.42. The summed E-state index contributed by atoms with van der Waals surface area (Å²) < 4.78 is 6.03. The van der Waals surface area contributed by atoms with Crippen molar-refractivity contribution < 1.29 is 9.53 Å². The number of nitrogens with one attached hydrogen (secondary N) is 1. The van der Waals surface area contributed by atoms with Gasteiger partial charge in [-0.3, -0.25) is 14.8 Å². The molecular formula is C26H25N5O2. The van der Waals surface area contributed by atoms with Crippen molar-refractivity contribution in [1.82, 2.24) is 19.9 Å². The number of hydrogen-bond acceptors (Lipinski definition) is 6. The van der Waals surface area contributed by atoms with Crippen LogP contribution in [0.5, 0.6) is 0 Å². The summed E-state index contributed by atoms with van der Waals surface area (Å²) >= 11 is 0. The van der Waals surface area contributed by atoms with E-state index in [2.05, 4.69) is 15.3 Å². The number of fused-ring (bicyclic) bond motifs is 1. The summed E-state index contributed by atoms with van der Waals surface area (Å²) in [6, 6.07) is 19.3. The van der Waals surface area contributed by atoms with Gasteiger partial charge in [-0.2, -0.15) is 0 Å². The molecule has 33 heavy (non-hydrogen) atoms. The van der Waals surface area contributed by atoms with Crippen LogP contribution in [0.2, 0.25) is 0 Å². The molecule has 1 aromatic carbocycles. The van der Waals surface area contributed by atoms with Gasteiger partial charge in [-0.15, -0.1) is 0 Å². The highest BCUT2D eigenvalue weighted by molar-refractivity contribution is 6.05. The van der Waals surface area contributed by atoms with E-state index in [4.69, 9.17) is 9.72 Å². The van der Waals surface area contributed by atoms with Crippen LogP contribution in [0.3, 0.4) is 0 Å². The third-order valence-corrected chi connectivity index (χ3v) is 5.68. The van der Waals surface area contributed by atoms with Crippen molar-refractivity contribution in [1.29, 1.82) is 0 Å². The number of carbonyl (C=O) groups excluding carboxylic acids is 1. The van der Waals surface area contributed by atoms with E-state index in [0.29, 0.717) is 25.3 Å². The molecule has 0 unspecified atom stereocenters. The van der Waals surface area contributed by atoms with Gasteiger partial charge in [0.2, 0.25) is 0 Å². The van der Waals surface area contributed by atoms with Crippen LogP contribution in [0.25, 0.3) is 10.9 Å². The molecule has 0 spiro atoms. The highest BCUT2D eigenvalue weighted by Gasteiger charge is 2.28. The molecule has 4 aromatic rings. The van der Waals surface area contributed by atoms with Crippen molar-refractivity contribution in [3.8, 4) is 0 Å². The normalized spacial score (nSPS) is 16.1. The van der Waals surface area contributed by atoms with Crippen LogP contribution in [0.15, 0.2) is 66.9 Å². The van der Waals surface area contributed by atoms with Crippen LogP contribution in [0.4, 0.5) is 11.5 Å². The maximum absolute atomic E-state index is 13.4. The van der Waals surface area contributed by atoms with Crippen LogP contribution in [-0.4, -0.2) is 45.5 Å². The summed E-state index contributed by atoms with van der Waals surface area (Å²) in [5.41, 5.74) is 4.82. The Morgan fingerprint density at radius 2 is 1.88 bits per heavy atom. The molecule has 5 rings (SSSR count). The third-order valence-electron chi connectivity index (χ3n) is 5.68. The Balaban J connectivity index is 1.38. The SMILES string of the molecule is Cc1cccc(Nc2cc(C)nc([C@@H]3CN(C(=O)c4cccc5cccnc45)CCO3)c2)n1. The first-order valence-corrected chi connectivity index (χ1v) is 11.0. The highest BCUT2D eigenvalue weighted by Crippen LogP contribution is 2.27. The first-order valence-electron chi connectivity index (χ1n) is 11.0. The Labute approximate surface area is 192 Å². The highest BCUT2D eigenvalue weighted by atomic mass is 16.5. The van der Waals surface area contributed by atoms with E-state index in [9.17, 15) is 4.79 Å². The molecule has 7 nitrogen and oxygen atoms in total. The second-order valence-corrected chi connectivity index (χ2v) is 8.20. The van der Waals surface area contributed by atoms with Crippen molar-refractivity contribution >= 4 is 28.3 Å². The Bertz CT molecular complexity index is 1320. The van der Waals surface area contributed by atoms with E-state index in [0.717, 1.165) is 39.5 Å². The molecule has 1 saturated heterocycles. The Hall–Kier alpha value is -3.84. The van der Waals surface area contributed by atoms with E-state index in [1.54, 1.807) is 6.20 Å². The van der Waals surface area contributed by atoms with Crippen LogP contribution >= 0.6 is 0 Å². The lowest BCUT2D eigenvalue weighted by atomic mass is 10.1. The predicted molar refractivity (Wildman–Crippen MR) is 128 cm³/mol. The first kappa shape index (κ1) is 21.0. The van der Waals surface area contributed by atoms with Gasteiger partial charge in [-0.05, 0) is 50.2 Å². The van der Waals surface area contributed by atoms with Crippen molar-refractivity contribution in [3.63, 3.8) is 0 Å². The van der Waals surface area contributed by atoms with Gasteiger partial charge < -0.3 is 15.0 Å². The van der Waals surface area contributed by atoms with Gasteiger partial charge in [-0.25, -0.2) is 4.98 Å². The predicted octanol–water partition coefficient (Wildman–Crippen LogP) is 4.60. The maximum atomic E-state index is 13.4. The number of carbonyl (C=O) groups is 1. The zero-order valence-electron chi connectivity index (χ0n) is 18.7. The van der Waals surface area contributed by atoms with Crippen LogP contribution < -0.4 is 5.32 Å². The van der Waals surface area contributed by atoms with Crippen LogP contribution in [-0.2, 0) is 4.74 Å². The van der Waals surface area contributed by atoms with E-state index in [-0.39, 0.29) is 12.0 Å². The van der Waals surface area contributed by atoms with Gasteiger partial charge in [0, 0.05) is 35.2 Å². The summed E-state index contributed by atoms with van der Waals surface area (Å²) in [4.78, 5) is 28.9. The van der Waals surface area contributed by atoms with E-state index in [1.807, 2.05) is 79.4 Å². The summed E-state index contributed by atoms with van der Waals surface area (Å²) in [5.74, 6) is 0.735. The minimum absolute atomic E-state index is 0.0393. The molecule has 4 heterocycles. The molecule has 0 saturated carbocycles. The Morgan fingerprint density at radius 1 is 1.03 bits per heavy atom. The molecule has 0 aliphatic carbocycles. The van der Waals surface area contributed by atoms with Gasteiger partial charge in [-0.1, -0.05) is 24.3 Å². The number of aryl methyl sites for hydroxylation is 2. The molecule has 1 aliphatic heterocycles. The lowest BCUT2D eigenvalue weighted by molar-refractivity contribution is -0.0246. The van der Waals surface area contributed by atoms with E-state index < -0.39 is 0 Å². The van der Waals surface area contributed by atoms with E-state index >= 15 is 0 Å². The van der Waals surface area contributed by atoms with Gasteiger partial charge in [0.05, 0.1) is 29.9 Å². The Kier molecular flexibility index (Phi) is 5.71. The second-order valence-electron chi connectivity index (χ2n) is 8.20. The fourth-order valence-electron chi connectivity index (χ4n) is 4.15. The minimum Gasteiger partial charge on any atom is -0.368 e. The number of benzene rings is 1. The number of aromatic nitrogens is 3. The molecule has 1 aliphatic rings. The molecule has 0 radical (unpaired) electrons. The number of morpholine rings is 1. The van der Waals surface area contributed by atoms with Crippen molar-refractivity contribution in [2.45, 2.75) is 20.0 Å². The number of anilines is 2. The number of amides is 1. The molecular weight excluding hydrogens is 414 g/mol. The second kappa shape index (κ2) is 8.96. The molecule has 166 valence electrons. The average molecular weight is 440 g/mol. The number of rotatable bonds is 4. The van der Waals surface area contributed by atoms with Gasteiger partial charge in [0.1, 0.15) is 11.9 Å². The summed E-state index contributed by atoms with van der Waals surface area (Å²) in [6.07, 6.45) is 1.41. The fraction of sp³-hybridized carbons (Fsp3) is 0.231. The molecule has 1 N–H and O–H groups in total. The number of ether oxygens (including phenoxy) is 1. The van der Waals surface area contributed by atoms with Gasteiger partial charge in [0.15, 0.2) is 0 Å². The molecule has 0 bridgehead atoms. The zero-order chi connectivity index (χ0) is 22.8. The molecule has 1 atom stereocenters. The third kappa shape index (κ3) is 4.54. The minimum atomic E-state index is -0.309. The number of para-hydroxylation sites is 1. The summed E-state index contributed by atoms with van der Waals surface area (Å²) in [7, 11) is 0. The smallest absolute Gasteiger partial charge is 0.256 e. The van der Waals surface area contributed by atoms with Crippen molar-refractivity contribution in [3.05, 3.63) is 89.5 Å². The standard InChI is InChI=1S/C26H25N5O2/c1-17-6-3-10-24(29-17)30-20-14-18(2)28-22(15-20)23-16-31(12-13-33-23)26(32)21-9-4-7-19-8-5-11-27-25(19)21/h3-11,14-15,23H,12-13,16H2,1-2H3,(H,28,29,30)/t23-/m0/s1. The topological polar surface area (TPSA) is 80.2 Å². The van der Waals surface area contributed by atoms with Crippen molar-refractivity contribution in [2.75, 3.05) is 25.0 Å². The largest absolute Gasteiger partial charge is 0.368 e. The molecule has 1 fully saturated rings. The zero-order valence-corrected chi connectivity index (χ0v) is 18.7. The number of hydrogen-bond donors (Lipinski definition) is 1. The molecule has 3 aromatic heterocycles.